The molecule has 0 amide bonds. The minimum atomic E-state index is -0.315. The summed E-state index contributed by atoms with van der Waals surface area (Å²) in [6.07, 6.45) is 5.31. The van der Waals surface area contributed by atoms with Crippen molar-refractivity contribution in [3.63, 3.8) is 0 Å². The lowest BCUT2D eigenvalue weighted by Crippen LogP contribution is -2.10. The number of hydrogen-bond donors (Lipinski definition) is 0. The zero-order chi connectivity index (χ0) is 22.8. The van der Waals surface area contributed by atoms with Crippen LogP contribution in [-0.4, -0.2) is 11.9 Å². The van der Waals surface area contributed by atoms with E-state index in [1.807, 2.05) is 48.5 Å². The predicted molar refractivity (Wildman–Crippen MR) is 127 cm³/mol. The number of rotatable bonds is 10. The molecule has 0 fully saturated rings. The molecule has 0 saturated heterocycles. The second-order valence-corrected chi connectivity index (χ2v) is 7.31. The van der Waals surface area contributed by atoms with Crippen molar-refractivity contribution in [2.24, 2.45) is 0 Å². The van der Waals surface area contributed by atoms with Gasteiger partial charge in [-0.3, -0.25) is 9.59 Å². The molecular weight excluding hydrogens is 400 g/mol. The van der Waals surface area contributed by atoms with Crippen LogP contribution in [0.25, 0.3) is 12.2 Å². The molecule has 0 spiro atoms. The fourth-order valence-corrected chi connectivity index (χ4v) is 3.07. The van der Waals surface area contributed by atoms with Crippen molar-refractivity contribution in [1.82, 2.24) is 0 Å². The van der Waals surface area contributed by atoms with Crippen molar-refractivity contribution >= 4 is 24.1 Å². The monoisotopic (exact) mass is 426 g/mol. The third-order valence-corrected chi connectivity index (χ3v) is 4.95. The zero-order valence-electron chi connectivity index (χ0n) is 18.0. The van der Waals surface area contributed by atoms with E-state index in [1.54, 1.807) is 36.4 Å². The minimum Gasteiger partial charge on any atom is -0.427 e. The van der Waals surface area contributed by atoms with Gasteiger partial charge in [0.05, 0.1) is 0 Å². The second kappa shape index (κ2) is 11.5. The molecule has 32 heavy (non-hydrogen) atoms. The summed E-state index contributed by atoms with van der Waals surface area (Å²) < 4.78 is 10.7. The van der Waals surface area contributed by atoms with Crippen LogP contribution in [0.15, 0.2) is 86.0 Å². The van der Waals surface area contributed by atoms with Crippen LogP contribution < -0.4 is 9.47 Å². The van der Waals surface area contributed by atoms with Gasteiger partial charge in [0.25, 0.3) is 0 Å². The number of carbonyl (C=O) groups is 2. The SMILES string of the molecule is C=Cc1ccc(CCC(=O)Oc2ccc(OC(=O)CCc3ccc(C=C)cc3)cc2)cc1. The van der Waals surface area contributed by atoms with Crippen LogP contribution in [0.3, 0.4) is 0 Å². The third kappa shape index (κ3) is 7.10. The first kappa shape index (κ1) is 22.8. The highest BCUT2D eigenvalue weighted by Gasteiger charge is 2.09. The van der Waals surface area contributed by atoms with E-state index < -0.39 is 0 Å². The number of carbonyl (C=O) groups excluding carboxylic acids is 2. The van der Waals surface area contributed by atoms with Crippen molar-refractivity contribution in [2.75, 3.05) is 0 Å². The molecule has 0 aromatic heterocycles. The highest BCUT2D eigenvalue weighted by molar-refractivity contribution is 5.74. The van der Waals surface area contributed by atoms with Crippen LogP contribution in [0.2, 0.25) is 0 Å². The molecule has 0 aliphatic heterocycles. The molecule has 0 heterocycles. The molecule has 0 N–H and O–H groups in total. The van der Waals surface area contributed by atoms with Gasteiger partial charge >= 0.3 is 11.9 Å². The molecule has 0 unspecified atom stereocenters. The Bertz CT molecular complexity index is 973. The van der Waals surface area contributed by atoms with Gasteiger partial charge in [-0.25, -0.2) is 0 Å². The Morgan fingerprint density at radius 2 is 0.938 bits per heavy atom. The van der Waals surface area contributed by atoms with E-state index in [1.165, 1.54) is 0 Å². The van der Waals surface area contributed by atoms with Crippen molar-refractivity contribution in [3.8, 4) is 11.5 Å². The third-order valence-electron chi connectivity index (χ3n) is 4.95. The van der Waals surface area contributed by atoms with Crippen molar-refractivity contribution < 1.29 is 19.1 Å². The van der Waals surface area contributed by atoms with E-state index >= 15 is 0 Å². The summed E-state index contributed by atoms with van der Waals surface area (Å²) in [5, 5.41) is 0. The Morgan fingerprint density at radius 3 is 1.25 bits per heavy atom. The molecule has 0 radical (unpaired) electrons. The number of benzene rings is 3. The molecule has 162 valence electrons. The number of ether oxygens (including phenoxy) is 2. The average molecular weight is 427 g/mol. The molecule has 0 aliphatic carbocycles. The van der Waals surface area contributed by atoms with Crippen LogP contribution >= 0.6 is 0 Å². The van der Waals surface area contributed by atoms with Crippen LogP contribution in [0, 0.1) is 0 Å². The summed E-state index contributed by atoms with van der Waals surface area (Å²) in [6.45, 7) is 7.45. The number of esters is 2. The van der Waals surface area contributed by atoms with E-state index in [0.717, 1.165) is 22.3 Å². The quantitative estimate of drug-likeness (QED) is 0.293. The Balaban J connectivity index is 1.42. The molecular formula is C28H26O4. The summed E-state index contributed by atoms with van der Waals surface area (Å²) in [5.74, 6) is 0.202. The van der Waals surface area contributed by atoms with Crippen molar-refractivity contribution in [1.29, 1.82) is 0 Å². The van der Waals surface area contributed by atoms with E-state index in [0.29, 0.717) is 24.3 Å². The lowest BCUT2D eigenvalue weighted by molar-refractivity contribution is -0.135. The predicted octanol–water partition coefficient (Wildman–Crippen LogP) is 6.05. The summed E-state index contributed by atoms with van der Waals surface area (Å²) >= 11 is 0. The smallest absolute Gasteiger partial charge is 0.311 e. The zero-order valence-corrected chi connectivity index (χ0v) is 18.0. The van der Waals surface area contributed by atoms with Crippen LogP contribution in [0.1, 0.15) is 35.1 Å². The van der Waals surface area contributed by atoms with Gasteiger partial charge in [0.15, 0.2) is 0 Å². The Kier molecular flexibility index (Phi) is 8.15. The first-order chi connectivity index (χ1) is 15.6. The summed E-state index contributed by atoms with van der Waals surface area (Å²) in [5.41, 5.74) is 4.21. The fourth-order valence-electron chi connectivity index (χ4n) is 3.07. The van der Waals surface area contributed by atoms with Gasteiger partial charge < -0.3 is 9.47 Å². The van der Waals surface area contributed by atoms with E-state index in [9.17, 15) is 9.59 Å². The highest BCUT2D eigenvalue weighted by Crippen LogP contribution is 2.19. The summed E-state index contributed by atoms with van der Waals surface area (Å²) in [7, 11) is 0. The van der Waals surface area contributed by atoms with Gasteiger partial charge in [0.2, 0.25) is 0 Å². The maximum Gasteiger partial charge on any atom is 0.311 e. The van der Waals surface area contributed by atoms with E-state index in [4.69, 9.17) is 9.47 Å². The molecule has 4 nitrogen and oxygen atoms in total. The minimum absolute atomic E-state index is 0.276. The summed E-state index contributed by atoms with van der Waals surface area (Å²) in [4.78, 5) is 24.2. The van der Waals surface area contributed by atoms with Gasteiger partial charge in [0.1, 0.15) is 11.5 Å². The largest absolute Gasteiger partial charge is 0.427 e. The molecule has 3 aromatic rings. The molecule has 3 aromatic carbocycles. The standard InChI is InChI=1S/C28H26O4/c1-3-21-5-9-23(10-6-21)13-19-27(29)31-25-15-17-26(18-16-25)32-28(30)20-14-24-11-7-22(4-2)8-12-24/h3-12,15-18H,1-2,13-14,19-20H2. The Labute approximate surface area is 188 Å². The molecule has 3 rings (SSSR count). The van der Waals surface area contributed by atoms with Crippen LogP contribution in [-0.2, 0) is 22.4 Å². The van der Waals surface area contributed by atoms with E-state index in [2.05, 4.69) is 13.2 Å². The van der Waals surface area contributed by atoms with Gasteiger partial charge in [-0.2, -0.15) is 0 Å². The second-order valence-electron chi connectivity index (χ2n) is 7.31. The Hall–Kier alpha value is -3.92. The van der Waals surface area contributed by atoms with Gasteiger partial charge in [-0.1, -0.05) is 73.8 Å². The fraction of sp³-hybridized carbons (Fsp3) is 0.143. The normalized spacial score (nSPS) is 10.2. The first-order valence-corrected chi connectivity index (χ1v) is 10.5. The van der Waals surface area contributed by atoms with Crippen LogP contribution in [0.5, 0.6) is 11.5 Å². The maximum absolute atomic E-state index is 12.1. The van der Waals surface area contributed by atoms with Crippen molar-refractivity contribution in [2.45, 2.75) is 25.7 Å². The van der Waals surface area contributed by atoms with Gasteiger partial charge in [-0.15, -0.1) is 0 Å². The highest BCUT2D eigenvalue weighted by atomic mass is 16.5. The molecule has 0 bridgehead atoms. The first-order valence-electron chi connectivity index (χ1n) is 10.5. The number of aryl methyl sites for hydroxylation is 2. The lowest BCUT2D eigenvalue weighted by atomic mass is 10.1. The lowest BCUT2D eigenvalue weighted by Gasteiger charge is -2.07. The molecule has 0 saturated carbocycles. The molecule has 0 aliphatic rings. The van der Waals surface area contributed by atoms with Crippen molar-refractivity contribution in [3.05, 3.63) is 108 Å². The maximum atomic E-state index is 12.1. The number of hydrogen-bond acceptors (Lipinski definition) is 4. The van der Waals surface area contributed by atoms with Gasteiger partial charge in [0, 0.05) is 12.8 Å². The topological polar surface area (TPSA) is 52.6 Å². The van der Waals surface area contributed by atoms with Crippen LogP contribution in [0.4, 0.5) is 0 Å². The summed E-state index contributed by atoms with van der Waals surface area (Å²) in [6, 6.07) is 22.2. The molecule has 0 atom stereocenters. The Morgan fingerprint density at radius 1 is 0.594 bits per heavy atom. The molecule has 4 heteroatoms. The van der Waals surface area contributed by atoms with E-state index in [-0.39, 0.29) is 24.8 Å². The van der Waals surface area contributed by atoms with Gasteiger partial charge in [-0.05, 0) is 59.4 Å². The average Bonchev–Trinajstić information content (AvgIpc) is 2.83.